The standard InChI is InChI=1S/C14H14N4S.C6H13NO2S/c1-10(2)18-16-12(11-6-4-3-5-7-11)13(17-18)14-15-8-9-19-14;1-5(2)7-10(8,9)6-3-4-6/h3-10H,1-2H3;5-7H,3-4H2,1-2H3. The zero-order valence-corrected chi connectivity index (χ0v) is 18.7. The first kappa shape index (κ1) is 21.6. The first-order valence-corrected chi connectivity index (χ1v) is 12.1. The molecule has 1 N–H and O–H groups in total. The Bertz CT molecular complexity index is 1010. The van der Waals surface area contributed by atoms with E-state index in [1.165, 1.54) is 0 Å². The Morgan fingerprint density at radius 1 is 1.07 bits per heavy atom. The van der Waals surface area contributed by atoms with Crippen LogP contribution in [0.2, 0.25) is 0 Å². The smallest absolute Gasteiger partial charge is 0.214 e. The Morgan fingerprint density at radius 3 is 2.24 bits per heavy atom. The van der Waals surface area contributed by atoms with Crippen LogP contribution in [-0.4, -0.2) is 39.7 Å². The van der Waals surface area contributed by atoms with Crippen molar-refractivity contribution < 1.29 is 8.42 Å². The molecular formula is C20H27N5O2S2. The van der Waals surface area contributed by atoms with E-state index >= 15 is 0 Å². The molecule has 1 aliphatic carbocycles. The van der Waals surface area contributed by atoms with E-state index in [0.717, 1.165) is 34.8 Å². The Kier molecular flexibility index (Phi) is 6.81. The van der Waals surface area contributed by atoms with Crippen LogP contribution in [0.25, 0.3) is 22.0 Å². The number of nitrogens with zero attached hydrogens (tertiary/aromatic N) is 4. The number of benzene rings is 1. The Hall–Kier alpha value is -2.10. The van der Waals surface area contributed by atoms with Gasteiger partial charge in [0.2, 0.25) is 10.0 Å². The summed E-state index contributed by atoms with van der Waals surface area (Å²) in [6.45, 7) is 7.81. The maximum absolute atomic E-state index is 11.1. The molecule has 0 unspecified atom stereocenters. The summed E-state index contributed by atoms with van der Waals surface area (Å²) in [4.78, 5) is 6.10. The van der Waals surface area contributed by atoms with Gasteiger partial charge in [-0.25, -0.2) is 18.1 Å². The lowest BCUT2D eigenvalue weighted by molar-refractivity contribution is 0.468. The summed E-state index contributed by atoms with van der Waals surface area (Å²) in [7, 11) is -2.94. The van der Waals surface area contributed by atoms with Gasteiger partial charge in [0.1, 0.15) is 16.4 Å². The molecule has 1 aromatic carbocycles. The molecule has 0 spiro atoms. The lowest BCUT2D eigenvalue weighted by atomic mass is 10.1. The van der Waals surface area contributed by atoms with E-state index in [1.807, 2.05) is 49.6 Å². The van der Waals surface area contributed by atoms with Gasteiger partial charge in [0.15, 0.2) is 0 Å². The highest BCUT2D eigenvalue weighted by Gasteiger charge is 2.35. The molecule has 9 heteroatoms. The van der Waals surface area contributed by atoms with Gasteiger partial charge in [-0.3, -0.25) is 0 Å². The van der Waals surface area contributed by atoms with Crippen LogP contribution in [0.3, 0.4) is 0 Å². The largest absolute Gasteiger partial charge is 0.243 e. The summed E-state index contributed by atoms with van der Waals surface area (Å²) >= 11 is 1.58. The third-order valence-corrected chi connectivity index (χ3v) is 7.07. The highest BCUT2D eigenvalue weighted by Crippen LogP contribution is 2.30. The van der Waals surface area contributed by atoms with Crippen LogP contribution in [0, 0.1) is 0 Å². The van der Waals surface area contributed by atoms with Crippen molar-refractivity contribution >= 4 is 21.4 Å². The van der Waals surface area contributed by atoms with Gasteiger partial charge in [-0.1, -0.05) is 30.3 Å². The molecule has 0 aliphatic heterocycles. The van der Waals surface area contributed by atoms with E-state index in [0.29, 0.717) is 0 Å². The number of aromatic nitrogens is 4. The monoisotopic (exact) mass is 433 g/mol. The van der Waals surface area contributed by atoms with Crippen molar-refractivity contribution in [1.29, 1.82) is 0 Å². The summed E-state index contributed by atoms with van der Waals surface area (Å²) in [6.07, 6.45) is 3.47. The fourth-order valence-corrected chi connectivity index (χ4v) is 4.86. The van der Waals surface area contributed by atoms with Gasteiger partial charge in [-0.15, -0.1) is 16.4 Å². The van der Waals surface area contributed by atoms with Gasteiger partial charge < -0.3 is 0 Å². The molecule has 0 amide bonds. The second-order valence-electron chi connectivity index (χ2n) is 7.53. The topological polar surface area (TPSA) is 89.8 Å². The number of hydrogen-bond acceptors (Lipinski definition) is 6. The number of sulfonamides is 1. The number of nitrogens with one attached hydrogen (secondary N) is 1. The Labute approximate surface area is 176 Å². The van der Waals surface area contributed by atoms with Crippen molar-refractivity contribution in [3.8, 4) is 22.0 Å². The zero-order valence-electron chi connectivity index (χ0n) is 17.1. The van der Waals surface area contributed by atoms with Crippen molar-refractivity contribution in [1.82, 2.24) is 24.7 Å². The lowest BCUT2D eigenvalue weighted by Gasteiger charge is -2.07. The molecule has 7 nitrogen and oxygen atoms in total. The van der Waals surface area contributed by atoms with Crippen molar-refractivity contribution in [2.75, 3.05) is 0 Å². The molecule has 0 bridgehead atoms. The van der Waals surface area contributed by atoms with Gasteiger partial charge in [0, 0.05) is 23.2 Å². The molecule has 4 rings (SSSR count). The minimum Gasteiger partial charge on any atom is -0.243 e. The molecular weight excluding hydrogens is 406 g/mol. The molecule has 2 aromatic heterocycles. The van der Waals surface area contributed by atoms with Crippen LogP contribution in [-0.2, 0) is 10.0 Å². The fraction of sp³-hybridized carbons (Fsp3) is 0.450. The SMILES string of the molecule is CC(C)NS(=O)(=O)C1CC1.CC(C)n1nc(-c2ccccc2)c(-c2nccs2)n1. The van der Waals surface area contributed by atoms with E-state index < -0.39 is 10.0 Å². The summed E-state index contributed by atoms with van der Waals surface area (Å²) in [5.74, 6) is 0. The quantitative estimate of drug-likeness (QED) is 0.631. The van der Waals surface area contributed by atoms with Crippen LogP contribution in [0.15, 0.2) is 41.9 Å². The second kappa shape index (κ2) is 9.15. The van der Waals surface area contributed by atoms with Crippen molar-refractivity contribution in [2.24, 2.45) is 0 Å². The van der Waals surface area contributed by atoms with E-state index in [9.17, 15) is 8.42 Å². The minimum absolute atomic E-state index is 0.0330. The van der Waals surface area contributed by atoms with Crippen LogP contribution in [0.1, 0.15) is 46.6 Å². The molecule has 3 aromatic rings. The Morgan fingerprint density at radius 2 is 1.72 bits per heavy atom. The molecule has 1 saturated carbocycles. The summed E-state index contributed by atoms with van der Waals surface area (Å²) < 4.78 is 24.7. The molecule has 0 radical (unpaired) electrons. The fourth-order valence-electron chi connectivity index (χ4n) is 2.63. The second-order valence-corrected chi connectivity index (χ2v) is 10.4. The maximum Gasteiger partial charge on any atom is 0.214 e. The number of rotatable bonds is 6. The molecule has 0 saturated heterocycles. The summed E-state index contributed by atoms with van der Waals surface area (Å²) in [5, 5.41) is 12.0. The molecule has 1 aliphatic rings. The minimum atomic E-state index is -2.94. The zero-order chi connectivity index (χ0) is 21.0. The summed E-state index contributed by atoms with van der Waals surface area (Å²) in [5.41, 5.74) is 2.82. The van der Waals surface area contributed by atoms with Crippen LogP contribution in [0.5, 0.6) is 0 Å². The van der Waals surface area contributed by atoms with Gasteiger partial charge >= 0.3 is 0 Å². The van der Waals surface area contributed by atoms with Crippen molar-refractivity contribution in [3.05, 3.63) is 41.9 Å². The normalized spacial score (nSPS) is 14.1. The highest BCUT2D eigenvalue weighted by atomic mass is 32.2. The third kappa shape index (κ3) is 5.71. The molecule has 29 heavy (non-hydrogen) atoms. The van der Waals surface area contributed by atoms with E-state index in [2.05, 4.69) is 33.8 Å². The van der Waals surface area contributed by atoms with Crippen molar-refractivity contribution in [3.63, 3.8) is 0 Å². The number of thiazole rings is 1. The van der Waals surface area contributed by atoms with Crippen LogP contribution < -0.4 is 4.72 Å². The predicted octanol–water partition coefficient (Wildman–Crippen LogP) is 4.13. The van der Waals surface area contributed by atoms with Gasteiger partial charge in [-0.05, 0) is 40.5 Å². The van der Waals surface area contributed by atoms with Gasteiger partial charge in [0.05, 0.1) is 11.3 Å². The number of hydrogen-bond donors (Lipinski definition) is 1. The molecule has 1 fully saturated rings. The predicted molar refractivity (Wildman–Crippen MR) is 117 cm³/mol. The summed E-state index contributed by atoms with van der Waals surface area (Å²) in [6, 6.07) is 10.4. The third-order valence-electron chi connectivity index (χ3n) is 4.14. The van der Waals surface area contributed by atoms with Gasteiger partial charge in [-0.2, -0.15) is 9.90 Å². The van der Waals surface area contributed by atoms with E-state index in [1.54, 1.807) is 22.3 Å². The van der Waals surface area contributed by atoms with Crippen molar-refractivity contribution in [2.45, 2.75) is 57.9 Å². The average Bonchev–Trinajstić information content (AvgIpc) is 3.23. The van der Waals surface area contributed by atoms with E-state index in [4.69, 9.17) is 0 Å². The first-order valence-electron chi connectivity index (χ1n) is 9.71. The van der Waals surface area contributed by atoms with Crippen LogP contribution in [0.4, 0.5) is 0 Å². The highest BCUT2D eigenvalue weighted by molar-refractivity contribution is 7.90. The average molecular weight is 434 g/mol. The Balaban J connectivity index is 0.000000204. The van der Waals surface area contributed by atoms with Crippen LogP contribution >= 0.6 is 11.3 Å². The van der Waals surface area contributed by atoms with E-state index in [-0.39, 0.29) is 17.3 Å². The molecule has 0 atom stereocenters. The molecule has 2 heterocycles. The molecule has 156 valence electrons. The maximum atomic E-state index is 11.1. The van der Waals surface area contributed by atoms with Gasteiger partial charge in [0.25, 0.3) is 0 Å². The lowest BCUT2D eigenvalue weighted by Crippen LogP contribution is -2.32. The first-order chi connectivity index (χ1) is 13.8.